The molecule has 0 aromatic rings. The van der Waals surface area contributed by atoms with Gasteiger partial charge in [-0.1, -0.05) is 332 Å². The lowest BCUT2D eigenvalue weighted by atomic mass is 10.0. The van der Waals surface area contributed by atoms with Crippen LogP contribution in [-0.4, -0.2) is 47.4 Å². The number of aliphatic hydroxyl groups excluding tert-OH is 2. The number of ether oxygens (including phenoxy) is 1. The highest BCUT2D eigenvalue weighted by Crippen LogP contribution is 2.18. The number of esters is 1. The molecule has 0 fully saturated rings. The van der Waals surface area contributed by atoms with Crippen molar-refractivity contribution in [2.75, 3.05) is 13.2 Å². The second-order valence-electron chi connectivity index (χ2n) is 24.6. The molecule has 0 aliphatic carbocycles. The lowest BCUT2D eigenvalue weighted by molar-refractivity contribution is -0.143. The van der Waals surface area contributed by atoms with Crippen LogP contribution in [0.4, 0.5) is 0 Å². The molecule has 6 heteroatoms. The summed E-state index contributed by atoms with van der Waals surface area (Å²) in [5, 5.41) is 23.4. The Morgan fingerprint density at radius 2 is 0.625 bits per heavy atom. The number of rotatable bonds is 67. The maximum Gasteiger partial charge on any atom is 0.305 e. The Balaban J connectivity index is 3.40. The van der Waals surface area contributed by atoms with Gasteiger partial charge in [0.1, 0.15) is 0 Å². The highest BCUT2D eigenvalue weighted by atomic mass is 16.5. The SMILES string of the molecule is CCCCCC/C=C\C/C=C\CCCCCCCCCC(=O)OCCCCCCCCCCC/C=C\C/C=C\CCCCCCCCCCCCCCCC(=O)NC(CO)C(O)CCCCCCCCCCCCCCCCCC. The third kappa shape index (κ3) is 65.0. The standard InChI is InChI=1S/C74H139NO5/c1-3-5-7-9-11-13-15-17-19-21-36-40-44-48-52-56-60-64-68-74(79)80-69-65-61-57-53-49-45-41-37-34-32-30-28-26-24-22-23-25-27-29-31-33-35-39-43-47-51-55-59-63-67-73(78)75-71(70-76)72(77)66-62-58-54-50-46-42-38-20-18-16-14-12-10-8-6-4-2/h13,15,19,21-22,24,28,30,71-72,76-77H,3-12,14,16-18,20,23,25-27,29,31-70H2,1-2H3,(H,75,78)/b15-13-,21-19-,24-22-,30-28-. The van der Waals surface area contributed by atoms with Gasteiger partial charge in [0.2, 0.25) is 5.91 Å². The van der Waals surface area contributed by atoms with Crippen LogP contribution in [0.5, 0.6) is 0 Å². The maximum absolute atomic E-state index is 12.5. The van der Waals surface area contributed by atoms with E-state index in [2.05, 4.69) is 67.8 Å². The quantitative estimate of drug-likeness (QED) is 0.0320. The van der Waals surface area contributed by atoms with Gasteiger partial charge in [-0.05, 0) is 89.9 Å². The lowest BCUT2D eigenvalue weighted by Crippen LogP contribution is -2.45. The molecule has 0 aromatic carbocycles. The molecule has 0 heterocycles. The summed E-state index contributed by atoms with van der Waals surface area (Å²) in [7, 11) is 0. The van der Waals surface area contributed by atoms with Gasteiger partial charge in [-0.25, -0.2) is 0 Å². The van der Waals surface area contributed by atoms with E-state index in [9.17, 15) is 19.8 Å². The van der Waals surface area contributed by atoms with E-state index in [-0.39, 0.29) is 18.5 Å². The topological polar surface area (TPSA) is 95.9 Å². The van der Waals surface area contributed by atoms with E-state index in [1.54, 1.807) is 0 Å². The van der Waals surface area contributed by atoms with E-state index in [4.69, 9.17) is 4.74 Å². The molecule has 470 valence electrons. The van der Waals surface area contributed by atoms with Crippen molar-refractivity contribution in [3.05, 3.63) is 48.6 Å². The molecule has 0 rings (SSSR count). The van der Waals surface area contributed by atoms with Crippen LogP contribution in [0.15, 0.2) is 48.6 Å². The molecule has 80 heavy (non-hydrogen) atoms. The third-order valence-electron chi connectivity index (χ3n) is 16.6. The normalized spacial score (nSPS) is 12.8. The van der Waals surface area contributed by atoms with Gasteiger partial charge in [0.05, 0.1) is 25.4 Å². The Hall–Kier alpha value is -2.18. The van der Waals surface area contributed by atoms with Crippen LogP contribution < -0.4 is 5.32 Å². The first-order valence-corrected chi connectivity index (χ1v) is 35.9. The average Bonchev–Trinajstić information content (AvgIpc) is 3.46. The van der Waals surface area contributed by atoms with E-state index in [1.165, 1.54) is 295 Å². The molecule has 0 radical (unpaired) electrons. The molecule has 6 nitrogen and oxygen atoms in total. The van der Waals surface area contributed by atoms with Crippen LogP contribution in [0.2, 0.25) is 0 Å². The molecule has 2 unspecified atom stereocenters. The minimum absolute atomic E-state index is 0.00489. The van der Waals surface area contributed by atoms with Crippen LogP contribution in [-0.2, 0) is 14.3 Å². The van der Waals surface area contributed by atoms with Gasteiger partial charge in [0.25, 0.3) is 0 Å². The van der Waals surface area contributed by atoms with Gasteiger partial charge in [-0.3, -0.25) is 9.59 Å². The van der Waals surface area contributed by atoms with E-state index in [0.29, 0.717) is 25.9 Å². The molecule has 2 atom stereocenters. The Morgan fingerprint density at radius 1 is 0.350 bits per heavy atom. The van der Waals surface area contributed by atoms with Gasteiger partial charge in [-0.2, -0.15) is 0 Å². The fourth-order valence-corrected chi connectivity index (χ4v) is 11.1. The number of unbranched alkanes of at least 4 members (excludes halogenated alkanes) is 48. The van der Waals surface area contributed by atoms with Crippen LogP contribution >= 0.6 is 0 Å². The predicted molar refractivity (Wildman–Crippen MR) is 352 cm³/mol. The zero-order chi connectivity index (χ0) is 57.8. The van der Waals surface area contributed by atoms with Crippen molar-refractivity contribution in [2.24, 2.45) is 0 Å². The Labute approximate surface area is 499 Å². The third-order valence-corrected chi connectivity index (χ3v) is 16.6. The number of hydrogen-bond acceptors (Lipinski definition) is 5. The Bertz CT molecular complexity index is 1340. The molecule has 0 aliphatic heterocycles. The van der Waals surface area contributed by atoms with E-state index in [1.807, 2.05) is 0 Å². The van der Waals surface area contributed by atoms with Crippen LogP contribution in [0.25, 0.3) is 0 Å². The van der Waals surface area contributed by atoms with Crippen LogP contribution in [0.3, 0.4) is 0 Å². The first kappa shape index (κ1) is 77.8. The number of aliphatic hydroxyl groups is 2. The summed E-state index contributed by atoms with van der Waals surface area (Å²) < 4.78 is 5.50. The molecule has 1 amide bonds. The molecule has 3 N–H and O–H groups in total. The lowest BCUT2D eigenvalue weighted by Gasteiger charge is -2.22. The van der Waals surface area contributed by atoms with Gasteiger partial charge in [0, 0.05) is 12.8 Å². The smallest absolute Gasteiger partial charge is 0.305 e. The summed E-state index contributed by atoms with van der Waals surface area (Å²) in [5.74, 6) is -0.0287. The van der Waals surface area contributed by atoms with E-state index >= 15 is 0 Å². The fourth-order valence-electron chi connectivity index (χ4n) is 11.1. The first-order chi connectivity index (χ1) is 39.5. The molecule has 0 spiro atoms. The van der Waals surface area contributed by atoms with Crippen LogP contribution in [0, 0.1) is 0 Å². The molecular weight excluding hydrogens is 983 g/mol. The fraction of sp³-hybridized carbons (Fsp3) is 0.865. The number of carbonyl (C=O) groups excluding carboxylic acids is 2. The van der Waals surface area contributed by atoms with Crippen molar-refractivity contribution in [1.82, 2.24) is 5.32 Å². The summed E-state index contributed by atoms with van der Waals surface area (Å²) in [6, 6.07) is -0.543. The number of nitrogens with one attached hydrogen (secondary N) is 1. The molecule has 0 bridgehead atoms. The molecular formula is C74H139NO5. The summed E-state index contributed by atoms with van der Waals surface area (Å²) >= 11 is 0. The molecule has 0 saturated heterocycles. The summed E-state index contributed by atoms with van der Waals surface area (Å²) in [4.78, 5) is 24.6. The van der Waals surface area contributed by atoms with E-state index < -0.39 is 12.1 Å². The van der Waals surface area contributed by atoms with Gasteiger partial charge in [-0.15, -0.1) is 0 Å². The first-order valence-electron chi connectivity index (χ1n) is 35.9. The second-order valence-corrected chi connectivity index (χ2v) is 24.6. The van der Waals surface area contributed by atoms with Gasteiger partial charge in [0.15, 0.2) is 0 Å². The minimum atomic E-state index is -0.666. The number of amides is 1. The highest BCUT2D eigenvalue weighted by Gasteiger charge is 2.20. The van der Waals surface area contributed by atoms with Crippen molar-refractivity contribution in [2.45, 2.75) is 398 Å². The van der Waals surface area contributed by atoms with Crippen molar-refractivity contribution < 1.29 is 24.5 Å². The molecule has 0 saturated carbocycles. The monoisotopic (exact) mass is 1120 g/mol. The molecule has 0 aromatic heterocycles. The maximum atomic E-state index is 12.5. The number of hydrogen-bond donors (Lipinski definition) is 3. The predicted octanol–water partition coefficient (Wildman–Crippen LogP) is 23.3. The Kier molecular flexibility index (Phi) is 67.4. The van der Waals surface area contributed by atoms with Gasteiger partial charge < -0.3 is 20.3 Å². The van der Waals surface area contributed by atoms with Crippen molar-refractivity contribution in [1.29, 1.82) is 0 Å². The van der Waals surface area contributed by atoms with Gasteiger partial charge >= 0.3 is 5.97 Å². The molecule has 0 aliphatic rings. The van der Waals surface area contributed by atoms with Crippen molar-refractivity contribution in [3.8, 4) is 0 Å². The number of carbonyl (C=O) groups is 2. The highest BCUT2D eigenvalue weighted by molar-refractivity contribution is 5.76. The summed E-state index contributed by atoms with van der Waals surface area (Å²) in [5.41, 5.74) is 0. The average molecular weight is 1120 g/mol. The second kappa shape index (κ2) is 69.3. The Morgan fingerprint density at radius 3 is 0.963 bits per heavy atom. The van der Waals surface area contributed by atoms with E-state index in [0.717, 1.165) is 57.8 Å². The number of allylic oxidation sites excluding steroid dienone is 8. The van der Waals surface area contributed by atoms with Crippen molar-refractivity contribution >= 4 is 11.9 Å². The minimum Gasteiger partial charge on any atom is -0.466 e. The largest absolute Gasteiger partial charge is 0.466 e. The zero-order valence-corrected chi connectivity index (χ0v) is 53.8. The summed E-state index contributed by atoms with van der Waals surface area (Å²) in [6.45, 7) is 4.96. The summed E-state index contributed by atoms with van der Waals surface area (Å²) in [6.07, 6.45) is 90.2. The van der Waals surface area contributed by atoms with Crippen molar-refractivity contribution in [3.63, 3.8) is 0 Å². The van der Waals surface area contributed by atoms with Crippen LogP contribution in [0.1, 0.15) is 386 Å². The zero-order valence-electron chi connectivity index (χ0n) is 53.8.